The summed E-state index contributed by atoms with van der Waals surface area (Å²) in [7, 11) is 0. The summed E-state index contributed by atoms with van der Waals surface area (Å²) in [6, 6.07) is 8.36. The van der Waals surface area contributed by atoms with Crippen LogP contribution >= 0.6 is 0 Å². The maximum absolute atomic E-state index is 13.9. The van der Waals surface area contributed by atoms with E-state index in [-0.39, 0.29) is 17.4 Å². The van der Waals surface area contributed by atoms with Crippen LogP contribution in [0.4, 0.5) is 15.0 Å². The lowest BCUT2D eigenvalue weighted by Crippen LogP contribution is -2.60. The van der Waals surface area contributed by atoms with Gasteiger partial charge in [-0.15, -0.1) is 0 Å². The summed E-state index contributed by atoms with van der Waals surface area (Å²) >= 11 is 0. The van der Waals surface area contributed by atoms with Gasteiger partial charge >= 0.3 is 6.03 Å². The number of aryl methyl sites for hydroxylation is 1. The number of carbonyl (C=O) groups is 1. The van der Waals surface area contributed by atoms with E-state index in [4.69, 9.17) is 0 Å². The van der Waals surface area contributed by atoms with Crippen LogP contribution in [0, 0.1) is 30.5 Å². The number of benzene rings is 1. The van der Waals surface area contributed by atoms with Crippen LogP contribution in [0.25, 0.3) is 0 Å². The first-order valence-electron chi connectivity index (χ1n) is 10.3. The van der Waals surface area contributed by atoms with Crippen molar-refractivity contribution in [3.63, 3.8) is 0 Å². The first-order chi connectivity index (χ1) is 13.5. The fourth-order valence-electron chi connectivity index (χ4n) is 6.17. The lowest BCUT2D eigenvalue weighted by molar-refractivity contribution is -0.0127. The topological polar surface area (TPSA) is 59.0 Å². The SMILES string of the molecule is Cc1cc(NC(=O)NC23CC4CC(CC(C4)C2)C3)nn1Cc1ccccc1F. The van der Waals surface area contributed by atoms with Gasteiger partial charge in [0.2, 0.25) is 0 Å². The number of nitrogens with one attached hydrogen (secondary N) is 2. The fraction of sp³-hybridized carbons (Fsp3) is 0.545. The Hall–Kier alpha value is -2.37. The number of rotatable bonds is 4. The highest BCUT2D eigenvalue weighted by atomic mass is 19.1. The molecule has 0 unspecified atom stereocenters. The van der Waals surface area contributed by atoms with Gasteiger partial charge in [0, 0.05) is 22.9 Å². The first kappa shape index (κ1) is 17.7. The van der Waals surface area contributed by atoms with Crippen LogP contribution < -0.4 is 10.6 Å². The predicted octanol–water partition coefficient (Wildman–Crippen LogP) is 4.47. The second-order valence-electron chi connectivity index (χ2n) is 9.20. The predicted molar refractivity (Wildman–Crippen MR) is 106 cm³/mol. The fourth-order valence-corrected chi connectivity index (χ4v) is 6.17. The van der Waals surface area contributed by atoms with Crippen LogP contribution in [0.3, 0.4) is 0 Å². The Labute approximate surface area is 164 Å². The minimum absolute atomic E-state index is 0.0242. The molecule has 4 fully saturated rings. The van der Waals surface area contributed by atoms with Gasteiger partial charge in [0.1, 0.15) is 5.82 Å². The number of nitrogens with zero attached hydrogens (tertiary/aromatic N) is 2. The monoisotopic (exact) mass is 382 g/mol. The molecule has 6 rings (SSSR count). The summed E-state index contributed by atoms with van der Waals surface area (Å²) in [5.41, 5.74) is 1.44. The molecule has 4 bridgehead atoms. The van der Waals surface area contributed by atoms with Gasteiger partial charge in [-0.25, -0.2) is 9.18 Å². The molecule has 2 amide bonds. The molecule has 28 heavy (non-hydrogen) atoms. The van der Waals surface area contributed by atoms with Crippen LogP contribution in [0.15, 0.2) is 30.3 Å². The van der Waals surface area contributed by atoms with Crippen molar-refractivity contribution >= 4 is 11.8 Å². The highest BCUT2D eigenvalue weighted by Gasteiger charge is 2.51. The van der Waals surface area contributed by atoms with E-state index in [0.717, 1.165) is 42.7 Å². The number of hydrogen-bond donors (Lipinski definition) is 2. The maximum atomic E-state index is 13.9. The Morgan fingerprint density at radius 3 is 2.46 bits per heavy atom. The van der Waals surface area contributed by atoms with Crippen molar-refractivity contribution in [1.82, 2.24) is 15.1 Å². The van der Waals surface area contributed by atoms with Gasteiger partial charge in [-0.2, -0.15) is 5.10 Å². The summed E-state index contributed by atoms with van der Waals surface area (Å²) < 4.78 is 15.6. The highest BCUT2D eigenvalue weighted by Crippen LogP contribution is 2.55. The first-order valence-corrected chi connectivity index (χ1v) is 10.3. The third-order valence-electron chi connectivity index (χ3n) is 6.92. The molecule has 2 N–H and O–H groups in total. The molecule has 1 aromatic heterocycles. The molecule has 0 spiro atoms. The Kier molecular flexibility index (Phi) is 4.18. The average molecular weight is 382 g/mol. The van der Waals surface area contributed by atoms with E-state index in [1.54, 1.807) is 16.8 Å². The van der Waals surface area contributed by atoms with Crippen molar-refractivity contribution in [2.75, 3.05) is 5.32 Å². The molecule has 6 heteroatoms. The Balaban J connectivity index is 1.25. The minimum atomic E-state index is -0.244. The molecule has 0 radical (unpaired) electrons. The smallest absolute Gasteiger partial charge is 0.320 e. The minimum Gasteiger partial charge on any atom is -0.332 e. The van der Waals surface area contributed by atoms with Crippen LogP contribution in [0.1, 0.15) is 49.8 Å². The molecule has 4 aliphatic rings. The largest absolute Gasteiger partial charge is 0.332 e. The molecule has 1 aromatic carbocycles. The van der Waals surface area contributed by atoms with Gasteiger partial charge in [-0.05, 0) is 69.3 Å². The highest BCUT2D eigenvalue weighted by molar-refractivity contribution is 5.88. The molecule has 4 saturated carbocycles. The molecule has 4 aliphatic carbocycles. The Morgan fingerprint density at radius 2 is 1.82 bits per heavy atom. The van der Waals surface area contributed by atoms with E-state index in [1.165, 1.54) is 25.3 Å². The van der Waals surface area contributed by atoms with E-state index in [0.29, 0.717) is 17.9 Å². The molecular weight excluding hydrogens is 355 g/mol. The maximum Gasteiger partial charge on any atom is 0.320 e. The number of carbonyl (C=O) groups excluding carboxylic acids is 1. The van der Waals surface area contributed by atoms with Crippen molar-refractivity contribution in [2.24, 2.45) is 17.8 Å². The lowest BCUT2D eigenvalue weighted by Gasteiger charge is -2.56. The number of amides is 2. The zero-order valence-corrected chi connectivity index (χ0v) is 16.2. The molecule has 1 heterocycles. The second kappa shape index (κ2) is 6.61. The molecule has 0 aliphatic heterocycles. The summed E-state index contributed by atoms with van der Waals surface area (Å²) in [5.74, 6) is 2.62. The Morgan fingerprint density at radius 1 is 1.18 bits per heavy atom. The molecule has 0 saturated heterocycles. The van der Waals surface area contributed by atoms with E-state index in [1.807, 2.05) is 19.1 Å². The molecule has 5 nitrogen and oxygen atoms in total. The normalized spacial score (nSPS) is 30.4. The quantitative estimate of drug-likeness (QED) is 0.820. The number of aromatic nitrogens is 2. The Bertz CT molecular complexity index is 870. The van der Waals surface area contributed by atoms with E-state index in [2.05, 4.69) is 15.7 Å². The number of urea groups is 1. The summed E-state index contributed by atoms with van der Waals surface area (Å²) in [5, 5.41) is 10.7. The standard InChI is InChI=1S/C22H27FN4O/c1-14-6-20(26-27(14)13-18-4-2-3-5-19(18)23)24-21(28)25-22-10-15-7-16(11-22)9-17(8-15)12-22/h2-6,15-17H,7-13H2,1H3,(H2,24,25,26,28). The molecule has 2 aromatic rings. The van der Waals surface area contributed by atoms with Crippen LogP contribution in [0.2, 0.25) is 0 Å². The number of hydrogen-bond acceptors (Lipinski definition) is 2. The van der Waals surface area contributed by atoms with Crippen molar-refractivity contribution in [3.8, 4) is 0 Å². The summed E-state index contributed by atoms with van der Waals surface area (Å²) in [6.45, 7) is 2.26. The van der Waals surface area contributed by atoms with Crippen molar-refractivity contribution in [3.05, 3.63) is 47.4 Å². The molecule has 148 valence electrons. The van der Waals surface area contributed by atoms with Gasteiger partial charge in [0.05, 0.1) is 6.54 Å². The van der Waals surface area contributed by atoms with Crippen LogP contribution in [0.5, 0.6) is 0 Å². The lowest BCUT2D eigenvalue weighted by atomic mass is 9.53. The molecule has 0 atom stereocenters. The average Bonchev–Trinajstić information content (AvgIpc) is 2.94. The van der Waals surface area contributed by atoms with Gasteiger partial charge in [-0.3, -0.25) is 10.00 Å². The molecular formula is C22H27FN4O. The zero-order valence-electron chi connectivity index (χ0n) is 16.2. The van der Waals surface area contributed by atoms with Crippen molar-refractivity contribution in [1.29, 1.82) is 0 Å². The van der Waals surface area contributed by atoms with Gasteiger partial charge in [-0.1, -0.05) is 18.2 Å². The van der Waals surface area contributed by atoms with E-state index < -0.39 is 0 Å². The summed E-state index contributed by atoms with van der Waals surface area (Å²) in [4.78, 5) is 12.7. The van der Waals surface area contributed by atoms with Gasteiger partial charge in [0.15, 0.2) is 5.82 Å². The van der Waals surface area contributed by atoms with Gasteiger partial charge in [0.25, 0.3) is 0 Å². The van der Waals surface area contributed by atoms with Crippen molar-refractivity contribution < 1.29 is 9.18 Å². The van der Waals surface area contributed by atoms with Gasteiger partial charge < -0.3 is 5.32 Å². The van der Waals surface area contributed by atoms with E-state index in [9.17, 15) is 9.18 Å². The van der Waals surface area contributed by atoms with Crippen LogP contribution in [-0.4, -0.2) is 21.4 Å². The number of halogens is 1. The van der Waals surface area contributed by atoms with Crippen LogP contribution in [-0.2, 0) is 6.54 Å². The zero-order chi connectivity index (χ0) is 19.3. The third-order valence-corrected chi connectivity index (χ3v) is 6.92. The summed E-state index contributed by atoms with van der Waals surface area (Å²) in [6.07, 6.45) is 7.40. The van der Waals surface area contributed by atoms with E-state index >= 15 is 0 Å². The third kappa shape index (κ3) is 3.29. The number of anilines is 1. The van der Waals surface area contributed by atoms with Crippen molar-refractivity contribution in [2.45, 2.75) is 57.5 Å². The second-order valence-corrected chi connectivity index (χ2v) is 9.20.